The highest BCUT2D eigenvalue weighted by Crippen LogP contribution is 2.32. The summed E-state index contributed by atoms with van der Waals surface area (Å²) in [6, 6.07) is 5.40. The maximum atomic E-state index is 6.10. The van der Waals surface area contributed by atoms with Crippen LogP contribution in [-0.4, -0.2) is 17.3 Å². The van der Waals surface area contributed by atoms with Gasteiger partial charge in [0.15, 0.2) is 5.89 Å². The fourth-order valence-corrected chi connectivity index (χ4v) is 3.05. The lowest BCUT2D eigenvalue weighted by atomic mass is 10.2. The third-order valence-electron chi connectivity index (χ3n) is 2.42. The molecule has 0 amide bonds. The maximum absolute atomic E-state index is 6.10. The highest BCUT2D eigenvalue weighted by Gasteiger charge is 2.15. The van der Waals surface area contributed by atoms with E-state index < -0.39 is 0 Å². The number of aromatic nitrogens is 1. The summed E-state index contributed by atoms with van der Waals surface area (Å²) in [4.78, 5) is 5.06. The lowest BCUT2D eigenvalue weighted by Gasteiger charge is -2.11. The van der Waals surface area contributed by atoms with Crippen molar-refractivity contribution in [2.24, 2.45) is 5.73 Å². The molecule has 1 aromatic carbocycles. The molecule has 3 nitrogen and oxygen atoms in total. The van der Waals surface area contributed by atoms with Crippen LogP contribution in [0.5, 0.6) is 0 Å². The van der Waals surface area contributed by atoms with Crippen LogP contribution in [0.4, 0.5) is 0 Å². The van der Waals surface area contributed by atoms with Crippen LogP contribution < -0.4 is 5.73 Å². The Morgan fingerprint density at radius 2 is 2.22 bits per heavy atom. The molecule has 0 saturated heterocycles. The largest absolute Gasteiger partial charge is 0.449 e. The summed E-state index contributed by atoms with van der Waals surface area (Å²) in [6.07, 6.45) is 3.17. The van der Waals surface area contributed by atoms with Crippen molar-refractivity contribution >= 4 is 35.0 Å². The standard InChI is InChI=1S/C12H12Cl2N2OS/c13-9-1-2-10(14)11(5-9)18-7-8(6-15)12-16-3-4-17-12/h1-5,8H,6-7,15H2. The second-order valence-electron chi connectivity index (χ2n) is 3.69. The van der Waals surface area contributed by atoms with E-state index in [9.17, 15) is 0 Å². The van der Waals surface area contributed by atoms with Gasteiger partial charge >= 0.3 is 0 Å². The number of hydrogen-bond donors (Lipinski definition) is 1. The summed E-state index contributed by atoms with van der Waals surface area (Å²) < 4.78 is 5.27. The Labute approximate surface area is 120 Å². The van der Waals surface area contributed by atoms with E-state index >= 15 is 0 Å². The van der Waals surface area contributed by atoms with Gasteiger partial charge in [0.05, 0.1) is 17.1 Å². The smallest absolute Gasteiger partial charge is 0.199 e. The molecule has 1 aromatic heterocycles. The molecule has 0 aliphatic carbocycles. The van der Waals surface area contributed by atoms with Crippen LogP contribution in [-0.2, 0) is 0 Å². The highest BCUT2D eigenvalue weighted by atomic mass is 35.5. The van der Waals surface area contributed by atoms with Gasteiger partial charge in [-0.05, 0) is 18.2 Å². The van der Waals surface area contributed by atoms with E-state index in [4.69, 9.17) is 33.4 Å². The van der Waals surface area contributed by atoms with Crippen LogP contribution in [0.1, 0.15) is 11.8 Å². The van der Waals surface area contributed by atoms with Crippen molar-refractivity contribution in [3.8, 4) is 0 Å². The van der Waals surface area contributed by atoms with E-state index in [0.717, 1.165) is 10.6 Å². The van der Waals surface area contributed by atoms with E-state index in [1.165, 1.54) is 0 Å². The molecule has 6 heteroatoms. The van der Waals surface area contributed by atoms with Crippen molar-refractivity contribution in [1.82, 2.24) is 4.98 Å². The summed E-state index contributed by atoms with van der Waals surface area (Å²) in [5, 5.41) is 1.36. The topological polar surface area (TPSA) is 52.0 Å². The molecule has 0 fully saturated rings. The van der Waals surface area contributed by atoms with Crippen LogP contribution >= 0.6 is 35.0 Å². The first-order valence-electron chi connectivity index (χ1n) is 5.38. The molecule has 96 valence electrons. The number of oxazole rings is 1. The molecule has 2 rings (SSSR count). The molecule has 18 heavy (non-hydrogen) atoms. The average molecular weight is 303 g/mol. The van der Waals surface area contributed by atoms with Gasteiger partial charge in [0.2, 0.25) is 0 Å². The summed E-state index contributed by atoms with van der Waals surface area (Å²) in [7, 11) is 0. The molecule has 0 bridgehead atoms. The van der Waals surface area contributed by atoms with Gasteiger partial charge in [-0.25, -0.2) is 4.98 Å². The summed E-state index contributed by atoms with van der Waals surface area (Å²) in [5.41, 5.74) is 5.72. The Bertz CT molecular complexity index is 505. The number of nitrogens with zero attached hydrogens (tertiary/aromatic N) is 1. The minimum atomic E-state index is 0.0695. The van der Waals surface area contributed by atoms with E-state index in [2.05, 4.69) is 4.98 Å². The molecule has 0 spiro atoms. The first-order valence-corrected chi connectivity index (χ1v) is 7.12. The molecular weight excluding hydrogens is 291 g/mol. The van der Waals surface area contributed by atoms with Crippen LogP contribution in [0.3, 0.4) is 0 Å². The minimum absolute atomic E-state index is 0.0695. The van der Waals surface area contributed by atoms with Crippen LogP contribution in [0.25, 0.3) is 0 Å². The zero-order valence-electron chi connectivity index (χ0n) is 9.48. The zero-order chi connectivity index (χ0) is 13.0. The second-order valence-corrected chi connectivity index (χ2v) is 5.59. The third-order valence-corrected chi connectivity index (χ3v) is 4.31. The van der Waals surface area contributed by atoms with Gasteiger partial charge in [-0.3, -0.25) is 0 Å². The SMILES string of the molecule is NCC(CSc1cc(Cl)ccc1Cl)c1ncco1. The zero-order valence-corrected chi connectivity index (χ0v) is 11.8. The highest BCUT2D eigenvalue weighted by molar-refractivity contribution is 7.99. The second kappa shape index (κ2) is 6.48. The predicted molar refractivity (Wildman–Crippen MR) is 75.5 cm³/mol. The molecule has 1 heterocycles. The number of rotatable bonds is 5. The first kappa shape index (κ1) is 13.7. The van der Waals surface area contributed by atoms with Gasteiger partial charge in [0, 0.05) is 22.2 Å². The van der Waals surface area contributed by atoms with Crippen molar-refractivity contribution < 1.29 is 4.42 Å². The number of hydrogen-bond acceptors (Lipinski definition) is 4. The Morgan fingerprint density at radius 3 is 2.89 bits per heavy atom. The third kappa shape index (κ3) is 3.42. The van der Waals surface area contributed by atoms with Gasteiger partial charge in [-0.2, -0.15) is 0 Å². The molecule has 2 N–H and O–H groups in total. The fraction of sp³-hybridized carbons (Fsp3) is 0.250. The minimum Gasteiger partial charge on any atom is -0.449 e. The van der Waals surface area contributed by atoms with Gasteiger partial charge < -0.3 is 10.2 Å². The number of halogens is 2. The number of benzene rings is 1. The Hall–Kier alpha value is -0.680. The Balaban J connectivity index is 2.04. The van der Waals surface area contributed by atoms with Gasteiger partial charge in [0.1, 0.15) is 6.26 Å². The molecule has 0 radical (unpaired) electrons. The van der Waals surface area contributed by atoms with Crippen molar-refractivity contribution in [2.45, 2.75) is 10.8 Å². The lowest BCUT2D eigenvalue weighted by Crippen LogP contribution is -2.15. The Kier molecular flexibility index (Phi) is 4.95. The summed E-state index contributed by atoms with van der Waals surface area (Å²) in [6.45, 7) is 0.478. The number of thioether (sulfide) groups is 1. The van der Waals surface area contributed by atoms with E-state index in [-0.39, 0.29) is 5.92 Å². The summed E-state index contributed by atoms with van der Waals surface area (Å²) >= 11 is 13.6. The first-order chi connectivity index (χ1) is 8.70. The molecule has 1 atom stereocenters. The van der Waals surface area contributed by atoms with E-state index in [1.807, 2.05) is 6.07 Å². The monoisotopic (exact) mass is 302 g/mol. The molecule has 1 unspecified atom stereocenters. The van der Waals surface area contributed by atoms with Crippen LogP contribution in [0.2, 0.25) is 10.0 Å². The lowest BCUT2D eigenvalue weighted by molar-refractivity contribution is 0.464. The fourth-order valence-electron chi connectivity index (χ4n) is 1.45. The van der Waals surface area contributed by atoms with E-state index in [1.54, 1.807) is 36.4 Å². The predicted octanol–water partition coefficient (Wildman–Crippen LogP) is 3.82. The molecule has 0 aliphatic rings. The Morgan fingerprint density at radius 1 is 1.39 bits per heavy atom. The van der Waals surface area contributed by atoms with Gasteiger partial charge in [-0.1, -0.05) is 23.2 Å². The average Bonchev–Trinajstić information content (AvgIpc) is 2.88. The van der Waals surface area contributed by atoms with Gasteiger partial charge in [-0.15, -0.1) is 11.8 Å². The van der Waals surface area contributed by atoms with Crippen molar-refractivity contribution in [3.63, 3.8) is 0 Å². The van der Waals surface area contributed by atoms with Crippen LogP contribution in [0.15, 0.2) is 40.0 Å². The van der Waals surface area contributed by atoms with Crippen molar-refractivity contribution in [2.75, 3.05) is 12.3 Å². The maximum Gasteiger partial charge on any atom is 0.199 e. The van der Waals surface area contributed by atoms with Crippen molar-refractivity contribution in [3.05, 3.63) is 46.6 Å². The van der Waals surface area contributed by atoms with Gasteiger partial charge in [0.25, 0.3) is 0 Å². The molecule has 0 aliphatic heterocycles. The quantitative estimate of drug-likeness (QED) is 0.853. The molecular formula is C12H12Cl2N2OS. The van der Waals surface area contributed by atoms with E-state index in [0.29, 0.717) is 22.5 Å². The summed E-state index contributed by atoms with van der Waals surface area (Å²) in [5.74, 6) is 1.47. The molecule has 2 aromatic rings. The molecule has 0 saturated carbocycles. The number of nitrogens with two attached hydrogens (primary N) is 1. The normalized spacial score (nSPS) is 12.6. The van der Waals surface area contributed by atoms with Crippen LogP contribution in [0, 0.1) is 0 Å². The van der Waals surface area contributed by atoms with Crippen molar-refractivity contribution in [1.29, 1.82) is 0 Å².